The molecule has 3 aliphatic heterocycles. The molecule has 1 aromatic carbocycles. The summed E-state index contributed by atoms with van der Waals surface area (Å²) in [7, 11) is 0. The summed E-state index contributed by atoms with van der Waals surface area (Å²) in [6.45, 7) is 4.69. The van der Waals surface area contributed by atoms with Crippen LogP contribution in [0.25, 0.3) is 0 Å². The first-order chi connectivity index (χ1) is 11.8. The van der Waals surface area contributed by atoms with Crippen LogP contribution in [0.5, 0.6) is 5.75 Å². The van der Waals surface area contributed by atoms with Crippen LogP contribution in [-0.2, 0) is 15.9 Å². The third kappa shape index (κ3) is 3.15. The molecule has 4 rings (SSSR count). The fraction of sp³-hybridized carbons (Fsp3) is 0.632. The minimum Gasteiger partial charge on any atom is -0.465 e. The number of rotatable bonds is 4. The number of nitrogens with zero attached hydrogens (tertiary/aromatic N) is 1. The SMILES string of the molecule is CCC1Cc2c(OC3CCCCO3)cccc2C(C2=NCCN2)O1. The normalized spacial score (nSPS) is 29.5. The molecule has 3 unspecified atom stereocenters. The smallest absolute Gasteiger partial charge is 0.199 e. The maximum absolute atomic E-state index is 6.31. The average Bonchev–Trinajstić information content (AvgIpc) is 3.16. The van der Waals surface area contributed by atoms with Crippen LogP contribution in [0.3, 0.4) is 0 Å². The van der Waals surface area contributed by atoms with Crippen LogP contribution in [0, 0.1) is 0 Å². The lowest BCUT2D eigenvalue weighted by Gasteiger charge is -2.34. The predicted octanol–water partition coefficient (Wildman–Crippen LogP) is 2.99. The zero-order chi connectivity index (χ0) is 16.4. The van der Waals surface area contributed by atoms with Crippen LogP contribution in [-0.4, -0.2) is 37.9 Å². The first-order valence-corrected chi connectivity index (χ1v) is 9.19. The van der Waals surface area contributed by atoms with Gasteiger partial charge in [-0.1, -0.05) is 19.1 Å². The molecule has 3 atom stereocenters. The van der Waals surface area contributed by atoms with Gasteiger partial charge in [-0.3, -0.25) is 4.99 Å². The minimum atomic E-state index is -0.117. The van der Waals surface area contributed by atoms with Crippen molar-refractivity contribution in [3.8, 4) is 5.75 Å². The summed E-state index contributed by atoms with van der Waals surface area (Å²) < 4.78 is 18.3. The zero-order valence-corrected chi connectivity index (χ0v) is 14.3. The third-order valence-electron chi connectivity index (χ3n) is 5.01. The van der Waals surface area contributed by atoms with E-state index in [-0.39, 0.29) is 18.5 Å². The Morgan fingerprint density at radius 2 is 2.29 bits per heavy atom. The number of ether oxygens (including phenoxy) is 3. The van der Waals surface area contributed by atoms with E-state index in [0.29, 0.717) is 0 Å². The molecular weight excluding hydrogens is 304 g/mol. The van der Waals surface area contributed by atoms with Gasteiger partial charge in [0.25, 0.3) is 0 Å². The Hall–Kier alpha value is -1.59. The van der Waals surface area contributed by atoms with Crippen molar-refractivity contribution in [1.29, 1.82) is 0 Å². The molecule has 0 aromatic heterocycles. The summed E-state index contributed by atoms with van der Waals surface area (Å²) >= 11 is 0. The second-order valence-electron chi connectivity index (χ2n) is 6.68. The molecule has 0 radical (unpaired) electrons. The quantitative estimate of drug-likeness (QED) is 0.922. The fourth-order valence-electron chi connectivity index (χ4n) is 3.69. The van der Waals surface area contributed by atoms with E-state index in [1.807, 2.05) is 0 Å². The Morgan fingerprint density at radius 3 is 3.04 bits per heavy atom. The van der Waals surface area contributed by atoms with E-state index in [1.165, 1.54) is 17.5 Å². The highest BCUT2D eigenvalue weighted by molar-refractivity contribution is 5.89. The minimum absolute atomic E-state index is 0.1000. The van der Waals surface area contributed by atoms with Gasteiger partial charge in [-0.05, 0) is 30.9 Å². The van der Waals surface area contributed by atoms with E-state index in [4.69, 9.17) is 14.2 Å². The average molecular weight is 330 g/mol. The zero-order valence-electron chi connectivity index (χ0n) is 14.3. The molecule has 1 saturated heterocycles. The maximum Gasteiger partial charge on any atom is 0.199 e. The molecule has 5 heteroatoms. The van der Waals surface area contributed by atoms with Crippen molar-refractivity contribution in [1.82, 2.24) is 5.32 Å². The lowest BCUT2D eigenvalue weighted by molar-refractivity contribution is -0.106. The highest BCUT2D eigenvalue weighted by Crippen LogP contribution is 2.38. The topological polar surface area (TPSA) is 52.1 Å². The molecule has 0 saturated carbocycles. The van der Waals surface area contributed by atoms with Gasteiger partial charge in [-0.25, -0.2) is 0 Å². The Labute approximate surface area is 143 Å². The number of nitrogens with one attached hydrogen (secondary N) is 1. The van der Waals surface area contributed by atoms with Gasteiger partial charge in [0.15, 0.2) is 6.29 Å². The van der Waals surface area contributed by atoms with E-state index < -0.39 is 0 Å². The van der Waals surface area contributed by atoms with E-state index >= 15 is 0 Å². The molecule has 0 spiro atoms. The molecule has 3 heterocycles. The van der Waals surface area contributed by atoms with Gasteiger partial charge < -0.3 is 19.5 Å². The first-order valence-electron chi connectivity index (χ1n) is 9.19. The van der Waals surface area contributed by atoms with Crippen molar-refractivity contribution in [3.63, 3.8) is 0 Å². The van der Waals surface area contributed by atoms with Crippen LogP contribution in [0.2, 0.25) is 0 Å². The van der Waals surface area contributed by atoms with Crippen molar-refractivity contribution in [2.24, 2.45) is 4.99 Å². The second-order valence-corrected chi connectivity index (χ2v) is 6.68. The van der Waals surface area contributed by atoms with Crippen LogP contribution in [0.15, 0.2) is 23.2 Å². The van der Waals surface area contributed by atoms with Crippen LogP contribution < -0.4 is 10.1 Å². The number of fused-ring (bicyclic) bond motifs is 1. The fourth-order valence-corrected chi connectivity index (χ4v) is 3.69. The molecule has 0 bridgehead atoms. The summed E-state index contributed by atoms with van der Waals surface area (Å²) in [6.07, 6.45) is 5.12. The summed E-state index contributed by atoms with van der Waals surface area (Å²) in [5.74, 6) is 1.91. The van der Waals surface area contributed by atoms with Crippen LogP contribution in [0.1, 0.15) is 49.8 Å². The van der Waals surface area contributed by atoms with Crippen molar-refractivity contribution in [3.05, 3.63) is 29.3 Å². The Morgan fingerprint density at radius 1 is 1.33 bits per heavy atom. The molecule has 24 heavy (non-hydrogen) atoms. The Kier molecular flexibility index (Phi) is 4.72. The lowest BCUT2D eigenvalue weighted by Crippen LogP contribution is -2.35. The molecular formula is C19H26N2O3. The lowest BCUT2D eigenvalue weighted by atomic mass is 9.91. The molecule has 1 fully saturated rings. The van der Waals surface area contributed by atoms with Crippen LogP contribution >= 0.6 is 0 Å². The highest BCUT2D eigenvalue weighted by Gasteiger charge is 2.33. The van der Waals surface area contributed by atoms with Gasteiger partial charge in [0.05, 0.1) is 19.3 Å². The molecule has 1 N–H and O–H groups in total. The number of benzene rings is 1. The van der Waals surface area contributed by atoms with E-state index in [2.05, 4.69) is 35.4 Å². The van der Waals surface area contributed by atoms with Crippen LogP contribution in [0.4, 0.5) is 0 Å². The molecule has 3 aliphatic rings. The van der Waals surface area contributed by atoms with Gasteiger partial charge in [0, 0.05) is 24.9 Å². The summed E-state index contributed by atoms with van der Waals surface area (Å²) in [5, 5.41) is 3.37. The first kappa shape index (κ1) is 15.9. The highest BCUT2D eigenvalue weighted by atomic mass is 16.7. The summed E-state index contributed by atoms with van der Waals surface area (Å²) in [4.78, 5) is 4.59. The second kappa shape index (κ2) is 7.11. The molecule has 1 aromatic rings. The maximum atomic E-state index is 6.31. The molecule has 5 nitrogen and oxygen atoms in total. The van der Waals surface area contributed by atoms with Gasteiger partial charge in [0.2, 0.25) is 0 Å². The van der Waals surface area contributed by atoms with E-state index in [0.717, 1.165) is 57.0 Å². The summed E-state index contributed by atoms with van der Waals surface area (Å²) in [6, 6.07) is 6.26. The number of hydrogen-bond acceptors (Lipinski definition) is 5. The van der Waals surface area contributed by atoms with Gasteiger partial charge in [0.1, 0.15) is 17.7 Å². The molecule has 130 valence electrons. The molecule has 0 amide bonds. The van der Waals surface area contributed by atoms with Gasteiger partial charge in [-0.2, -0.15) is 0 Å². The Balaban J connectivity index is 1.64. The van der Waals surface area contributed by atoms with Crippen molar-refractivity contribution in [2.45, 2.75) is 57.5 Å². The number of aliphatic imine (C=N–C) groups is 1. The van der Waals surface area contributed by atoms with Crippen molar-refractivity contribution >= 4 is 5.84 Å². The Bertz CT molecular complexity index is 611. The van der Waals surface area contributed by atoms with Gasteiger partial charge >= 0.3 is 0 Å². The number of amidine groups is 1. The standard InChI is InChI=1S/C19H26N2O3/c1-2-13-12-15-14(18(23-13)19-20-9-10-21-19)6-5-7-16(15)24-17-8-3-4-11-22-17/h5-7,13,17-18H,2-4,8-12H2,1H3,(H,20,21). The monoisotopic (exact) mass is 330 g/mol. The third-order valence-corrected chi connectivity index (χ3v) is 5.01. The van der Waals surface area contributed by atoms with E-state index in [9.17, 15) is 0 Å². The van der Waals surface area contributed by atoms with Crippen molar-refractivity contribution < 1.29 is 14.2 Å². The van der Waals surface area contributed by atoms with Gasteiger partial charge in [-0.15, -0.1) is 0 Å². The largest absolute Gasteiger partial charge is 0.465 e. The predicted molar refractivity (Wildman–Crippen MR) is 92.6 cm³/mol. The van der Waals surface area contributed by atoms with Crippen molar-refractivity contribution in [2.75, 3.05) is 19.7 Å². The number of hydrogen-bond donors (Lipinski definition) is 1. The van der Waals surface area contributed by atoms with E-state index in [1.54, 1.807) is 0 Å². The molecule has 0 aliphatic carbocycles. The summed E-state index contributed by atoms with van der Waals surface area (Å²) in [5.41, 5.74) is 2.44.